The summed E-state index contributed by atoms with van der Waals surface area (Å²) in [6.45, 7) is 8.65. The van der Waals surface area contributed by atoms with Gasteiger partial charge in [-0.25, -0.2) is 0 Å². The normalized spacial score (nSPS) is 17.5. The minimum Gasteiger partial charge on any atom is -0.314 e. The Hall–Kier alpha value is -0.123. The molecule has 0 bridgehead atoms. The van der Waals surface area contributed by atoms with Crippen molar-refractivity contribution in [2.45, 2.75) is 51.0 Å². The van der Waals surface area contributed by atoms with Crippen molar-refractivity contribution in [2.24, 2.45) is 5.92 Å². The number of nitrogens with one attached hydrogen (secondary N) is 1. The van der Waals surface area contributed by atoms with Crippen molar-refractivity contribution in [3.8, 4) is 0 Å². The summed E-state index contributed by atoms with van der Waals surface area (Å²) in [5, 5.41) is 3.72. The van der Waals surface area contributed by atoms with Gasteiger partial charge in [0.15, 0.2) is 0 Å². The van der Waals surface area contributed by atoms with Gasteiger partial charge in [-0.1, -0.05) is 53.7 Å². The summed E-state index contributed by atoms with van der Waals surface area (Å²) in [4.78, 5) is 0. The topological polar surface area (TPSA) is 12.0 Å². The van der Waals surface area contributed by atoms with Crippen LogP contribution in [0.2, 0.25) is 25.7 Å². The van der Waals surface area contributed by atoms with E-state index >= 15 is 0 Å². The smallest absolute Gasteiger partial charge is 0.0446 e. The van der Waals surface area contributed by atoms with Crippen LogP contribution < -0.4 is 5.32 Å². The van der Waals surface area contributed by atoms with Crippen molar-refractivity contribution >= 4 is 24.0 Å². The molecule has 106 valence electrons. The van der Waals surface area contributed by atoms with Gasteiger partial charge in [-0.3, -0.25) is 0 Å². The van der Waals surface area contributed by atoms with E-state index in [2.05, 4.69) is 65.2 Å². The van der Waals surface area contributed by atoms with Gasteiger partial charge in [0, 0.05) is 18.6 Å². The van der Waals surface area contributed by atoms with Crippen LogP contribution in [0.3, 0.4) is 0 Å². The van der Waals surface area contributed by atoms with E-state index in [0.29, 0.717) is 0 Å². The molecule has 0 saturated heterocycles. The van der Waals surface area contributed by atoms with Crippen LogP contribution in [0, 0.1) is 5.92 Å². The molecule has 0 spiro atoms. The summed E-state index contributed by atoms with van der Waals surface area (Å²) < 4.78 is 1.20. The van der Waals surface area contributed by atoms with E-state index in [9.17, 15) is 0 Å². The van der Waals surface area contributed by atoms with E-state index < -0.39 is 8.07 Å². The Labute approximate surface area is 127 Å². The molecule has 1 fully saturated rings. The van der Waals surface area contributed by atoms with E-state index in [1.807, 2.05) is 0 Å². The van der Waals surface area contributed by atoms with Gasteiger partial charge in [0.25, 0.3) is 0 Å². The summed E-state index contributed by atoms with van der Waals surface area (Å²) in [6, 6.07) is 11.0. The molecule has 1 aromatic rings. The van der Waals surface area contributed by atoms with Crippen molar-refractivity contribution < 1.29 is 0 Å². The SMILES string of the molecule is C[Si](C)(C)CC(CNC1CC1)Cc1cccc(Br)c1. The number of hydrogen-bond acceptors (Lipinski definition) is 1. The lowest BCUT2D eigenvalue weighted by Gasteiger charge is -2.25. The number of hydrogen-bond donors (Lipinski definition) is 1. The van der Waals surface area contributed by atoms with Crippen molar-refractivity contribution in [2.75, 3.05) is 6.54 Å². The second-order valence-electron chi connectivity index (χ2n) is 7.15. The van der Waals surface area contributed by atoms with E-state index in [4.69, 9.17) is 0 Å². The first-order chi connectivity index (χ1) is 8.92. The van der Waals surface area contributed by atoms with Crippen molar-refractivity contribution in [3.05, 3.63) is 34.3 Å². The summed E-state index contributed by atoms with van der Waals surface area (Å²) in [6.07, 6.45) is 3.98. The Bertz CT molecular complexity index is 409. The number of rotatable bonds is 7. The van der Waals surface area contributed by atoms with E-state index in [0.717, 1.165) is 12.0 Å². The maximum atomic E-state index is 3.72. The zero-order chi connectivity index (χ0) is 13.9. The fourth-order valence-corrected chi connectivity index (χ4v) is 5.17. The van der Waals surface area contributed by atoms with Crippen molar-refractivity contribution in [3.63, 3.8) is 0 Å². The van der Waals surface area contributed by atoms with Crippen LogP contribution in [-0.2, 0) is 6.42 Å². The van der Waals surface area contributed by atoms with Gasteiger partial charge in [0.2, 0.25) is 0 Å². The molecule has 0 aromatic heterocycles. The van der Waals surface area contributed by atoms with Crippen LogP contribution in [0.15, 0.2) is 28.7 Å². The molecule has 1 nitrogen and oxygen atoms in total. The molecule has 0 amide bonds. The predicted molar refractivity (Wildman–Crippen MR) is 90.5 cm³/mol. The van der Waals surface area contributed by atoms with Crippen LogP contribution >= 0.6 is 15.9 Å². The quantitative estimate of drug-likeness (QED) is 0.710. The minimum absolute atomic E-state index is 0.793. The number of benzene rings is 1. The maximum Gasteiger partial charge on any atom is 0.0446 e. The summed E-state index contributed by atoms with van der Waals surface area (Å²) in [5.41, 5.74) is 1.47. The average molecular weight is 340 g/mol. The largest absolute Gasteiger partial charge is 0.314 e. The van der Waals surface area contributed by atoms with Gasteiger partial charge in [0.1, 0.15) is 0 Å². The molecular weight excluding hydrogens is 314 g/mol. The molecule has 1 N–H and O–H groups in total. The molecule has 0 heterocycles. The van der Waals surface area contributed by atoms with Gasteiger partial charge in [-0.2, -0.15) is 0 Å². The molecule has 0 aliphatic heterocycles. The van der Waals surface area contributed by atoms with Crippen LogP contribution in [0.1, 0.15) is 18.4 Å². The van der Waals surface area contributed by atoms with Gasteiger partial charge in [-0.05, 0) is 49.4 Å². The lowest BCUT2D eigenvalue weighted by molar-refractivity contribution is 0.504. The third-order valence-electron chi connectivity index (χ3n) is 3.59. The summed E-state index contributed by atoms with van der Waals surface area (Å²) in [5.74, 6) is 0.793. The predicted octanol–water partition coefficient (Wildman–Crippen LogP) is 4.70. The monoisotopic (exact) mass is 339 g/mol. The molecule has 0 radical (unpaired) electrons. The highest BCUT2D eigenvalue weighted by atomic mass is 79.9. The summed E-state index contributed by atoms with van der Waals surface area (Å²) in [7, 11) is -0.991. The molecule has 19 heavy (non-hydrogen) atoms. The highest BCUT2D eigenvalue weighted by molar-refractivity contribution is 9.10. The highest BCUT2D eigenvalue weighted by Crippen LogP contribution is 2.24. The first-order valence-corrected chi connectivity index (χ1v) is 11.9. The molecule has 1 aliphatic rings. The van der Waals surface area contributed by atoms with E-state index in [-0.39, 0.29) is 0 Å². The number of halogens is 1. The van der Waals surface area contributed by atoms with Gasteiger partial charge in [0.05, 0.1) is 0 Å². The third kappa shape index (κ3) is 6.24. The zero-order valence-electron chi connectivity index (χ0n) is 12.4. The summed E-state index contributed by atoms with van der Waals surface area (Å²) >= 11 is 3.58. The van der Waals surface area contributed by atoms with E-state index in [1.54, 1.807) is 0 Å². The van der Waals surface area contributed by atoms with Crippen LogP contribution in [0.5, 0.6) is 0 Å². The minimum atomic E-state index is -0.991. The Morgan fingerprint density at radius 3 is 2.63 bits per heavy atom. The zero-order valence-corrected chi connectivity index (χ0v) is 15.0. The Morgan fingerprint density at radius 1 is 1.32 bits per heavy atom. The molecule has 1 aliphatic carbocycles. The van der Waals surface area contributed by atoms with Crippen LogP contribution in [0.25, 0.3) is 0 Å². The Morgan fingerprint density at radius 2 is 2.05 bits per heavy atom. The van der Waals surface area contributed by atoms with Gasteiger partial charge >= 0.3 is 0 Å². The fourth-order valence-electron chi connectivity index (χ4n) is 2.70. The average Bonchev–Trinajstić information content (AvgIpc) is 3.07. The van der Waals surface area contributed by atoms with Crippen LogP contribution in [0.4, 0.5) is 0 Å². The Kier molecular flexibility index (Phi) is 5.27. The third-order valence-corrected chi connectivity index (χ3v) is 5.88. The van der Waals surface area contributed by atoms with Crippen molar-refractivity contribution in [1.82, 2.24) is 5.32 Å². The fraction of sp³-hybridized carbons (Fsp3) is 0.625. The van der Waals surface area contributed by atoms with E-state index in [1.165, 1.54) is 41.9 Å². The molecule has 1 saturated carbocycles. The lowest BCUT2D eigenvalue weighted by Crippen LogP contribution is -2.32. The second kappa shape index (κ2) is 6.55. The molecule has 1 atom stereocenters. The molecule has 1 aromatic carbocycles. The maximum absolute atomic E-state index is 3.72. The molecule has 1 unspecified atom stereocenters. The highest BCUT2D eigenvalue weighted by Gasteiger charge is 2.25. The van der Waals surface area contributed by atoms with Crippen molar-refractivity contribution in [1.29, 1.82) is 0 Å². The van der Waals surface area contributed by atoms with Gasteiger partial charge in [-0.15, -0.1) is 0 Å². The lowest BCUT2D eigenvalue weighted by atomic mass is 10.0. The first-order valence-electron chi connectivity index (χ1n) is 7.40. The van der Waals surface area contributed by atoms with Crippen LogP contribution in [-0.4, -0.2) is 20.7 Å². The molecule has 3 heteroatoms. The second-order valence-corrected chi connectivity index (χ2v) is 13.6. The molecule has 2 rings (SSSR count). The molecular formula is C16H26BrNSi. The standard InChI is InChI=1S/C16H26BrNSi/c1-19(2,3)12-14(11-18-16-7-8-16)9-13-5-4-6-15(17)10-13/h4-6,10,14,16,18H,7-9,11-12H2,1-3H3. The van der Waals surface area contributed by atoms with Gasteiger partial charge < -0.3 is 5.32 Å². The Balaban J connectivity index is 1.94. The first kappa shape index (κ1) is 15.3.